The lowest BCUT2D eigenvalue weighted by Gasteiger charge is -2.16. The van der Waals surface area contributed by atoms with Crippen LogP contribution in [0.15, 0.2) is 48.2 Å². The van der Waals surface area contributed by atoms with Crippen LogP contribution in [0, 0.1) is 25.2 Å². The van der Waals surface area contributed by atoms with Gasteiger partial charge in [-0.25, -0.2) is 0 Å². The van der Waals surface area contributed by atoms with Crippen molar-refractivity contribution < 1.29 is 14.3 Å². The van der Waals surface area contributed by atoms with Crippen molar-refractivity contribution in [3.05, 3.63) is 64.9 Å². The summed E-state index contributed by atoms with van der Waals surface area (Å²) < 4.78 is 10.6. The summed E-state index contributed by atoms with van der Waals surface area (Å²) in [5.41, 5.74) is 3.66. The van der Waals surface area contributed by atoms with Crippen LogP contribution < -0.4 is 20.1 Å². The van der Waals surface area contributed by atoms with E-state index in [-0.39, 0.29) is 11.6 Å². The van der Waals surface area contributed by atoms with Crippen molar-refractivity contribution in [3.63, 3.8) is 0 Å². The fraction of sp³-hybridized carbons (Fsp3) is 0.273. The van der Waals surface area contributed by atoms with Crippen molar-refractivity contribution in [2.75, 3.05) is 19.5 Å². The zero-order valence-electron chi connectivity index (χ0n) is 16.8. The van der Waals surface area contributed by atoms with Crippen molar-refractivity contribution in [2.45, 2.75) is 26.8 Å². The van der Waals surface area contributed by atoms with Gasteiger partial charge in [0.25, 0.3) is 5.91 Å². The Morgan fingerprint density at radius 1 is 1.14 bits per heavy atom. The monoisotopic (exact) mass is 379 g/mol. The van der Waals surface area contributed by atoms with Gasteiger partial charge < -0.3 is 20.1 Å². The van der Waals surface area contributed by atoms with Gasteiger partial charge in [0.05, 0.1) is 14.2 Å². The first-order chi connectivity index (χ1) is 13.4. The molecule has 0 saturated heterocycles. The van der Waals surface area contributed by atoms with Crippen LogP contribution >= 0.6 is 0 Å². The van der Waals surface area contributed by atoms with Crippen LogP contribution in [0.5, 0.6) is 11.5 Å². The molecule has 0 bridgehead atoms. The highest BCUT2D eigenvalue weighted by Crippen LogP contribution is 2.29. The zero-order valence-corrected chi connectivity index (χ0v) is 16.8. The lowest BCUT2D eigenvalue weighted by atomic mass is 10.1. The van der Waals surface area contributed by atoms with Gasteiger partial charge in [0.1, 0.15) is 11.6 Å². The molecule has 1 atom stereocenters. The van der Waals surface area contributed by atoms with Crippen molar-refractivity contribution in [1.82, 2.24) is 5.32 Å². The third kappa shape index (κ3) is 4.83. The van der Waals surface area contributed by atoms with Gasteiger partial charge >= 0.3 is 0 Å². The second-order valence-corrected chi connectivity index (χ2v) is 6.37. The first-order valence-corrected chi connectivity index (χ1v) is 8.87. The Balaban J connectivity index is 2.13. The largest absolute Gasteiger partial charge is 0.493 e. The third-order valence-corrected chi connectivity index (χ3v) is 4.60. The minimum atomic E-state index is -0.455. The van der Waals surface area contributed by atoms with Crippen molar-refractivity contribution in [3.8, 4) is 17.6 Å². The summed E-state index contributed by atoms with van der Waals surface area (Å²) in [7, 11) is 3.15. The topological polar surface area (TPSA) is 83.4 Å². The standard InChI is InChI=1S/C22H25N3O3/c1-14-7-6-8-19(15(14)2)25-22(26)18(12-23)13-24-16(3)17-9-10-20(27-4)21(11-17)28-5/h6-11,13,16,24H,1-5H3,(H,25,26)/b18-13-. The molecule has 0 heterocycles. The Morgan fingerprint density at radius 2 is 1.86 bits per heavy atom. The lowest BCUT2D eigenvalue weighted by molar-refractivity contribution is -0.112. The average Bonchev–Trinajstić information content (AvgIpc) is 2.71. The number of methoxy groups -OCH3 is 2. The molecule has 0 aliphatic rings. The normalized spacial score (nSPS) is 11.9. The van der Waals surface area contributed by atoms with Gasteiger partial charge in [-0.1, -0.05) is 18.2 Å². The molecule has 0 fully saturated rings. The number of rotatable bonds is 7. The second-order valence-electron chi connectivity index (χ2n) is 6.37. The van der Waals surface area contributed by atoms with E-state index in [4.69, 9.17) is 9.47 Å². The van der Waals surface area contributed by atoms with Crippen LogP contribution in [0.3, 0.4) is 0 Å². The van der Waals surface area contributed by atoms with Crippen LogP contribution in [0.2, 0.25) is 0 Å². The highest BCUT2D eigenvalue weighted by Gasteiger charge is 2.13. The van der Waals surface area contributed by atoms with Crippen molar-refractivity contribution in [2.24, 2.45) is 0 Å². The predicted octanol–water partition coefficient (Wildman–Crippen LogP) is 4.02. The maximum Gasteiger partial charge on any atom is 0.267 e. The van der Waals surface area contributed by atoms with Gasteiger partial charge in [0.2, 0.25) is 0 Å². The summed E-state index contributed by atoms with van der Waals surface area (Å²) in [6, 6.07) is 13.0. The van der Waals surface area contributed by atoms with Gasteiger partial charge in [0, 0.05) is 17.9 Å². The summed E-state index contributed by atoms with van der Waals surface area (Å²) in [5.74, 6) is 0.800. The molecule has 0 spiro atoms. The molecule has 1 unspecified atom stereocenters. The fourth-order valence-electron chi connectivity index (χ4n) is 2.65. The summed E-state index contributed by atoms with van der Waals surface area (Å²) >= 11 is 0. The minimum absolute atomic E-state index is 0.00627. The number of hydrogen-bond donors (Lipinski definition) is 2. The Labute approximate surface area is 165 Å². The molecule has 2 rings (SSSR count). The van der Waals surface area contributed by atoms with E-state index in [2.05, 4.69) is 10.6 Å². The number of nitrogens with zero attached hydrogens (tertiary/aromatic N) is 1. The molecule has 0 aliphatic heterocycles. The molecule has 1 amide bonds. The van der Waals surface area contributed by atoms with Gasteiger partial charge in [-0.05, 0) is 55.7 Å². The van der Waals surface area contributed by atoms with Crippen LogP contribution in [-0.4, -0.2) is 20.1 Å². The van der Waals surface area contributed by atoms with Crippen LogP contribution in [0.4, 0.5) is 5.69 Å². The number of ether oxygens (including phenoxy) is 2. The molecular weight excluding hydrogens is 354 g/mol. The molecule has 6 heteroatoms. The maximum atomic E-state index is 12.5. The average molecular weight is 379 g/mol. The van der Waals surface area contributed by atoms with Crippen LogP contribution in [0.25, 0.3) is 0 Å². The number of nitriles is 1. The van der Waals surface area contributed by atoms with Crippen LogP contribution in [0.1, 0.15) is 29.7 Å². The molecule has 2 N–H and O–H groups in total. The number of aryl methyl sites for hydroxylation is 1. The number of nitrogens with one attached hydrogen (secondary N) is 2. The SMILES string of the molecule is COc1ccc(C(C)N/C=C(/C#N)C(=O)Nc2cccc(C)c2C)cc1OC. The van der Waals surface area contributed by atoms with E-state index in [0.29, 0.717) is 17.2 Å². The smallest absolute Gasteiger partial charge is 0.267 e. The quantitative estimate of drug-likeness (QED) is 0.561. The first kappa shape index (κ1) is 20.8. The number of anilines is 1. The molecule has 0 aliphatic carbocycles. The molecular formula is C22H25N3O3. The number of carbonyl (C=O) groups excluding carboxylic acids is 1. The van der Waals surface area contributed by atoms with Crippen molar-refractivity contribution >= 4 is 11.6 Å². The molecule has 2 aromatic rings. The Morgan fingerprint density at radius 3 is 2.50 bits per heavy atom. The molecule has 6 nitrogen and oxygen atoms in total. The Kier molecular flexibility index (Phi) is 7.05. The number of hydrogen-bond acceptors (Lipinski definition) is 5. The van der Waals surface area contributed by atoms with E-state index < -0.39 is 5.91 Å². The fourth-order valence-corrected chi connectivity index (χ4v) is 2.65. The minimum Gasteiger partial charge on any atom is -0.493 e. The highest BCUT2D eigenvalue weighted by molar-refractivity contribution is 6.06. The van der Waals surface area contributed by atoms with E-state index in [9.17, 15) is 10.1 Å². The Hall–Kier alpha value is -3.46. The first-order valence-electron chi connectivity index (χ1n) is 8.87. The molecule has 2 aromatic carbocycles. The lowest BCUT2D eigenvalue weighted by Crippen LogP contribution is -2.19. The van der Waals surface area contributed by atoms with E-state index in [1.54, 1.807) is 14.2 Å². The van der Waals surface area contributed by atoms with Gasteiger partial charge in [-0.3, -0.25) is 4.79 Å². The highest BCUT2D eigenvalue weighted by atomic mass is 16.5. The summed E-state index contributed by atoms with van der Waals surface area (Å²) in [6.07, 6.45) is 1.43. The van der Waals surface area contributed by atoms with Gasteiger partial charge in [0.15, 0.2) is 11.5 Å². The molecule has 0 radical (unpaired) electrons. The summed E-state index contributed by atoms with van der Waals surface area (Å²) in [4.78, 5) is 12.5. The molecule has 0 saturated carbocycles. The number of amides is 1. The third-order valence-electron chi connectivity index (χ3n) is 4.60. The molecule has 0 aromatic heterocycles. The predicted molar refractivity (Wildman–Crippen MR) is 109 cm³/mol. The second kappa shape index (κ2) is 9.47. The van der Waals surface area contributed by atoms with Crippen LogP contribution in [-0.2, 0) is 4.79 Å². The maximum absolute atomic E-state index is 12.5. The van der Waals surface area contributed by atoms with Gasteiger partial charge in [-0.15, -0.1) is 0 Å². The molecule has 146 valence electrons. The van der Waals surface area contributed by atoms with E-state index in [1.807, 2.05) is 63.2 Å². The van der Waals surface area contributed by atoms with Gasteiger partial charge in [-0.2, -0.15) is 5.26 Å². The molecule has 28 heavy (non-hydrogen) atoms. The van der Waals surface area contributed by atoms with Crippen molar-refractivity contribution in [1.29, 1.82) is 5.26 Å². The zero-order chi connectivity index (χ0) is 20.7. The summed E-state index contributed by atoms with van der Waals surface area (Å²) in [5, 5.41) is 15.3. The van der Waals surface area contributed by atoms with E-state index in [1.165, 1.54) is 6.20 Å². The summed E-state index contributed by atoms with van der Waals surface area (Å²) in [6.45, 7) is 5.83. The number of benzene rings is 2. The van der Waals surface area contributed by atoms with E-state index >= 15 is 0 Å². The Bertz CT molecular complexity index is 929. The number of carbonyl (C=O) groups is 1. The van der Waals surface area contributed by atoms with E-state index in [0.717, 1.165) is 16.7 Å².